The van der Waals surface area contributed by atoms with Crippen molar-refractivity contribution in [2.45, 2.75) is 6.42 Å². The molecule has 0 radical (unpaired) electrons. The summed E-state index contributed by atoms with van der Waals surface area (Å²) in [5, 5.41) is 9.16. The van der Waals surface area contributed by atoms with Crippen molar-refractivity contribution in [2.75, 3.05) is 58.3 Å². The first-order valence-corrected chi connectivity index (χ1v) is 7.42. The molecule has 2 rings (SSSR count). The number of nitriles is 1. The van der Waals surface area contributed by atoms with Gasteiger partial charge in [0.05, 0.1) is 5.69 Å². The quantitative estimate of drug-likeness (QED) is 0.846. The second-order valence-electron chi connectivity index (χ2n) is 5.73. The highest BCUT2D eigenvalue weighted by molar-refractivity contribution is 5.59. The maximum absolute atomic E-state index is 13.7. The highest BCUT2D eigenvalue weighted by atomic mass is 19.1. The predicted octanol–water partition coefficient (Wildman–Crippen LogP) is 1.77. The van der Waals surface area contributed by atoms with E-state index in [2.05, 4.69) is 28.8 Å². The van der Waals surface area contributed by atoms with Gasteiger partial charge in [-0.15, -0.1) is 0 Å². The topological polar surface area (TPSA) is 33.5 Å². The van der Waals surface area contributed by atoms with Gasteiger partial charge in [-0.25, -0.2) is 4.39 Å². The molecule has 21 heavy (non-hydrogen) atoms. The molecule has 0 amide bonds. The molecule has 1 saturated heterocycles. The molecule has 0 aromatic heterocycles. The lowest BCUT2D eigenvalue weighted by molar-refractivity contribution is 0.254. The van der Waals surface area contributed by atoms with Crippen LogP contribution in [0.15, 0.2) is 18.2 Å². The molecule has 114 valence electrons. The van der Waals surface area contributed by atoms with Gasteiger partial charge in [-0.3, -0.25) is 0 Å². The second kappa shape index (κ2) is 7.39. The fraction of sp³-hybridized carbons (Fsp3) is 0.562. The number of hydrogen-bond donors (Lipinski definition) is 0. The van der Waals surface area contributed by atoms with Crippen LogP contribution < -0.4 is 4.90 Å². The SMILES string of the molecule is CN(C)CCN1CCCN(c2cccc(F)c2C#N)CC1. The van der Waals surface area contributed by atoms with E-state index in [-0.39, 0.29) is 5.56 Å². The van der Waals surface area contributed by atoms with Crippen LogP contribution in [0.1, 0.15) is 12.0 Å². The summed E-state index contributed by atoms with van der Waals surface area (Å²) >= 11 is 0. The third-order valence-corrected chi connectivity index (χ3v) is 3.90. The molecule has 0 bridgehead atoms. The molecule has 1 aliphatic heterocycles. The van der Waals surface area contributed by atoms with E-state index in [1.54, 1.807) is 6.07 Å². The van der Waals surface area contributed by atoms with Crippen molar-refractivity contribution >= 4 is 5.69 Å². The van der Waals surface area contributed by atoms with E-state index >= 15 is 0 Å². The van der Waals surface area contributed by atoms with Crippen LogP contribution in [0.5, 0.6) is 0 Å². The number of hydrogen-bond acceptors (Lipinski definition) is 4. The lowest BCUT2D eigenvalue weighted by Gasteiger charge is -2.25. The smallest absolute Gasteiger partial charge is 0.143 e. The fourth-order valence-corrected chi connectivity index (χ4v) is 2.66. The molecule has 1 aliphatic rings. The van der Waals surface area contributed by atoms with Crippen LogP contribution in [0.2, 0.25) is 0 Å². The van der Waals surface area contributed by atoms with Gasteiger partial charge in [-0.05, 0) is 39.2 Å². The second-order valence-corrected chi connectivity index (χ2v) is 5.73. The average molecular weight is 290 g/mol. The molecule has 5 heteroatoms. The zero-order valence-electron chi connectivity index (χ0n) is 12.8. The Morgan fingerprint density at radius 3 is 2.76 bits per heavy atom. The highest BCUT2D eigenvalue weighted by Gasteiger charge is 2.18. The minimum Gasteiger partial charge on any atom is -0.369 e. The van der Waals surface area contributed by atoms with Gasteiger partial charge in [0.2, 0.25) is 0 Å². The van der Waals surface area contributed by atoms with Gasteiger partial charge < -0.3 is 14.7 Å². The lowest BCUT2D eigenvalue weighted by Crippen LogP contribution is -2.35. The molecule has 1 aromatic rings. The van der Waals surface area contributed by atoms with Crippen LogP contribution in [0.3, 0.4) is 0 Å². The Labute approximate surface area is 126 Å². The van der Waals surface area contributed by atoms with E-state index in [0.29, 0.717) is 0 Å². The lowest BCUT2D eigenvalue weighted by atomic mass is 10.1. The number of halogens is 1. The Morgan fingerprint density at radius 2 is 2.05 bits per heavy atom. The molecule has 4 nitrogen and oxygen atoms in total. The van der Waals surface area contributed by atoms with Crippen LogP contribution in [0, 0.1) is 17.1 Å². The molecule has 0 unspecified atom stereocenters. The maximum Gasteiger partial charge on any atom is 0.143 e. The average Bonchev–Trinajstić information content (AvgIpc) is 2.70. The standard InChI is InChI=1S/C16H23FN4/c1-19(2)9-10-20-7-4-8-21(12-11-20)16-6-3-5-15(17)14(16)13-18/h3,5-6H,4,7-12H2,1-2H3. The number of anilines is 1. The van der Waals surface area contributed by atoms with Gasteiger partial charge in [-0.2, -0.15) is 5.26 Å². The number of rotatable bonds is 4. The third-order valence-electron chi connectivity index (χ3n) is 3.90. The summed E-state index contributed by atoms with van der Waals surface area (Å²) in [6.45, 7) is 5.82. The third kappa shape index (κ3) is 4.16. The van der Waals surface area contributed by atoms with Crippen molar-refractivity contribution in [3.05, 3.63) is 29.6 Å². The molecular formula is C16H23FN4. The summed E-state index contributed by atoms with van der Waals surface area (Å²) in [4.78, 5) is 6.76. The minimum atomic E-state index is -0.427. The van der Waals surface area contributed by atoms with Crippen LogP contribution >= 0.6 is 0 Å². The van der Waals surface area contributed by atoms with E-state index in [0.717, 1.165) is 51.4 Å². The molecule has 1 fully saturated rings. The first-order valence-electron chi connectivity index (χ1n) is 7.42. The van der Waals surface area contributed by atoms with E-state index in [1.807, 2.05) is 12.1 Å². The van der Waals surface area contributed by atoms with Gasteiger partial charge >= 0.3 is 0 Å². The Kier molecular flexibility index (Phi) is 5.54. The molecule has 0 saturated carbocycles. The Hall–Kier alpha value is -1.64. The molecule has 0 aliphatic carbocycles. The Balaban J connectivity index is 2.04. The summed E-state index contributed by atoms with van der Waals surface area (Å²) in [5.74, 6) is -0.427. The summed E-state index contributed by atoms with van der Waals surface area (Å²) in [5.41, 5.74) is 0.895. The minimum absolute atomic E-state index is 0.166. The molecule has 0 N–H and O–H groups in total. The molecule has 0 atom stereocenters. The largest absolute Gasteiger partial charge is 0.369 e. The van der Waals surface area contributed by atoms with E-state index < -0.39 is 5.82 Å². The zero-order valence-corrected chi connectivity index (χ0v) is 12.8. The zero-order chi connectivity index (χ0) is 15.2. The van der Waals surface area contributed by atoms with Gasteiger partial charge in [0.25, 0.3) is 0 Å². The van der Waals surface area contributed by atoms with Crippen molar-refractivity contribution in [3.63, 3.8) is 0 Å². The van der Waals surface area contributed by atoms with Crippen molar-refractivity contribution in [2.24, 2.45) is 0 Å². The first kappa shape index (κ1) is 15.7. The maximum atomic E-state index is 13.7. The highest BCUT2D eigenvalue weighted by Crippen LogP contribution is 2.23. The van der Waals surface area contributed by atoms with Crippen LogP contribution in [0.25, 0.3) is 0 Å². The summed E-state index contributed by atoms with van der Waals surface area (Å²) in [7, 11) is 4.16. The molecule has 1 heterocycles. The summed E-state index contributed by atoms with van der Waals surface area (Å²) in [6, 6.07) is 6.87. The predicted molar refractivity (Wildman–Crippen MR) is 82.9 cm³/mol. The number of benzene rings is 1. The van der Waals surface area contributed by atoms with E-state index in [4.69, 9.17) is 5.26 Å². The molecule has 0 spiro atoms. The van der Waals surface area contributed by atoms with Crippen molar-refractivity contribution in [1.29, 1.82) is 5.26 Å². The van der Waals surface area contributed by atoms with Gasteiger partial charge in [0.1, 0.15) is 17.4 Å². The Bertz CT molecular complexity index is 509. The van der Waals surface area contributed by atoms with E-state index in [9.17, 15) is 4.39 Å². The van der Waals surface area contributed by atoms with Gasteiger partial charge in [0.15, 0.2) is 0 Å². The summed E-state index contributed by atoms with van der Waals surface area (Å²) < 4.78 is 13.7. The van der Waals surface area contributed by atoms with Crippen molar-refractivity contribution < 1.29 is 4.39 Å². The monoisotopic (exact) mass is 290 g/mol. The Morgan fingerprint density at radius 1 is 1.24 bits per heavy atom. The fourth-order valence-electron chi connectivity index (χ4n) is 2.66. The molecular weight excluding hydrogens is 267 g/mol. The summed E-state index contributed by atoms with van der Waals surface area (Å²) in [6.07, 6.45) is 1.04. The van der Waals surface area contributed by atoms with Crippen LogP contribution in [-0.4, -0.2) is 63.2 Å². The molecule has 1 aromatic carbocycles. The van der Waals surface area contributed by atoms with Gasteiger partial charge in [-0.1, -0.05) is 6.07 Å². The number of likely N-dealkylation sites (N-methyl/N-ethyl adjacent to an activating group) is 1. The van der Waals surface area contributed by atoms with Crippen LogP contribution in [0.4, 0.5) is 10.1 Å². The van der Waals surface area contributed by atoms with Gasteiger partial charge in [0, 0.05) is 32.7 Å². The number of nitrogens with zero attached hydrogens (tertiary/aromatic N) is 4. The normalized spacial score (nSPS) is 16.8. The van der Waals surface area contributed by atoms with Crippen LogP contribution in [-0.2, 0) is 0 Å². The first-order chi connectivity index (χ1) is 10.1. The van der Waals surface area contributed by atoms with E-state index in [1.165, 1.54) is 6.07 Å². The van der Waals surface area contributed by atoms with Crippen molar-refractivity contribution in [1.82, 2.24) is 9.80 Å². The van der Waals surface area contributed by atoms with Crippen molar-refractivity contribution in [3.8, 4) is 6.07 Å².